The second-order valence-corrected chi connectivity index (χ2v) is 8.60. The fraction of sp³-hybridized carbons (Fsp3) is 0.636. The molecule has 0 bridgehead atoms. The standard InChI is InChI=1S/C22H33N3O/c1-5-6-7-8-11-14-24-19-13-10-9-12-18(19)23-21(24)17-15-20(26)25(16-17)22(2,3)4/h9-10,12-13,17H,5-8,11,14-16H2,1-4H3. The van der Waals surface area contributed by atoms with Crippen LogP contribution in [0.25, 0.3) is 11.0 Å². The monoisotopic (exact) mass is 355 g/mol. The summed E-state index contributed by atoms with van der Waals surface area (Å²) in [6.07, 6.45) is 6.91. The molecule has 0 saturated carbocycles. The zero-order valence-electron chi connectivity index (χ0n) is 16.8. The van der Waals surface area contributed by atoms with Gasteiger partial charge in [-0.15, -0.1) is 0 Å². The predicted octanol–water partition coefficient (Wildman–Crippen LogP) is 5.12. The van der Waals surface area contributed by atoms with Crippen LogP contribution < -0.4 is 0 Å². The Kier molecular flexibility index (Phi) is 5.69. The average Bonchev–Trinajstić information content (AvgIpc) is 3.15. The largest absolute Gasteiger partial charge is 0.337 e. The summed E-state index contributed by atoms with van der Waals surface area (Å²) < 4.78 is 2.38. The lowest BCUT2D eigenvalue weighted by atomic mass is 10.1. The van der Waals surface area contributed by atoms with Crippen LogP contribution in [0, 0.1) is 0 Å². The zero-order chi connectivity index (χ0) is 18.7. The van der Waals surface area contributed by atoms with Gasteiger partial charge >= 0.3 is 0 Å². The first-order valence-electron chi connectivity index (χ1n) is 10.2. The van der Waals surface area contributed by atoms with E-state index in [2.05, 4.69) is 50.5 Å². The Balaban J connectivity index is 1.83. The van der Waals surface area contributed by atoms with Gasteiger partial charge in [0.15, 0.2) is 0 Å². The Morgan fingerprint density at radius 2 is 1.85 bits per heavy atom. The third-order valence-electron chi connectivity index (χ3n) is 5.47. The highest BCUT2D eigenvalue weighted by Gasteiger charge is 2.38. The Hall–Kier alpha value is -1.84. The Morgan fingerprint density at radius 3 is 2.54 bits per heavy atom. The molecule has 1 atom stereocenters. The second-order valence-electron chi connectivity index (χ2n) is 8.60. The summed E-state index contributed by atoms with van der Waals surface area (Å²) in [6, 6.07) is 8.38. The fourth-order valence-corrected chi connectivity index (χ4v) is 4.04. The number of para-hydroxylation sites is 2. The van der Waals surface area contributed by atoms with E-state index in [1.807, 2.05) is 11.0 Å². The lowest BCUT2D eigenvalue weighted by Crippen LogP contribution is -2.42. The summed E-state index contributed by atoms with van der Waals surface area (Å²) in [6.45, 7) is 10.4. The van der Waals surface area contributed by atoms with Gasteiger partial charge in [-0.2, -0.15) is 0 Å². The van der Waals surface area contributed by atoms with E-state index in [1.54, 1.807) is 0 Å². The molecule has 1 aromatic carbocycles. The fourth-order valence-electron chi connectivity index (χ4n) is 4.04. The van der Waals surface area contributed by atoms with Gasteiger partial charge < -0.3 is 9.47 Å². The predicted molar refractivity (Wildman–Crippen MR) is 107 cm³/mol. The number of likely N-dealkylation sites (tertiary alicyclic amines) is 1. The van der Waals surface area contributed by atoms with E-state index in [9.17, 15) is 4.79 Å². The number of nitrogens with zero attached hydrogens (tertiary/aromatic N) is 3. The van der Waals surface area contributed by atoms with Crippen molar-refractivity contribution in [2.75, 3.05) is 6.54 Å². The maximum Gasteiger partial charge on any atom is 0.223 e. The number of fused-ring (bicyclic) bond motifs is 1. The van der Waals surface area contributed by atoms with Crippen molar-refractivity contribution < 1.29 is 4.79 Å². The van der Waals surface area contributed by atoms with Crippen molar-refractivity contribution in [3.05, 3.63) is 30.1 Å². The summed E-state index contributed by atoms with van der Waals surface area (Å²) in [7, 11) is 0. The molecule has 0 radical (unpaired) electrons. The van der Waals surface area contributed by atoms with Crippen LogP contribution in [0.4, 0.5) is 0 Å². The summed E-state index contributed by atoms with van der Waals surface area (Å²) in [5.74, 6) is 1.55. The maximum atomic E-state index is 12.6. The quantitative estimate of drug-likeness (QED) is 0.646. The van der Waals surface area contributed by atoms with Crippen molar-refractivity contribution in [1.29, 1.82) is 0 Å². The molecule has 1 aromatic heterocycles. The number of aromatic nitrogens is 2. The molecule has 1 amide bonds. The minimum Gasteiger partial charge on any atom is -0.337 e. The van der Waals surface area contributed by atoms with Crippen LogP contribution in [0.15, 0.2) is 24.3 Å². The molecule has 4 heteroatoms. The number of amides is 1. The van der Waals surface area contributed by atoms with Gasteiger partial charge in [0.05, 0.1) is 11.0 Å². The molecule has 0 aliphatic carbocycles. The zero-order valence-corrected chi connectivity index (χ0v) is 16.8. The molecule has 1 fully saturated rings. The van der Waals surface area contributed by atoms with Crippen LogP contribution in [0.1, 0.15) is 78.0 Å². The van der Waals surface area contributed by atoms with Crippen molar-refractivity contribution in [1.82, 2.24) is 14.5 Å². The van der Waals surface area contributed by atoms with Gasteiger partial charge in [0.1, 0.15) is 5.82 Å². The van der Waals surface area contributed by atoms with E-state index < -0.39 is 0 Å². The van der Waals surface area contributed by atoms with Crippen LogP contribution in [-0.4, -0.2) is 32.4 Å². The molecule has 1 saturated heterocycles. The number of carbonyl (C=O) groups excluding carboxylic acids is 1. The molecule has 2 aromatic rings. The molecule has 0 N–H and O–H groups in total. The van der Waals surface area contributed by atoms with Crippen molar-refractivity contribution in [2.24, 2.45) is 0 Å². The highest BCUT2D eigenvalue weighted by Crippen LogP contribution is 2.34. The van der Waals surface area contributed by atoms with Crippen LogP contribution in [-0.2, 0) is 11.3 Å². The molecule has 0 spiro atoms. The Bertz CT molecular complexity index is 756. The van der Waals surface area contributed by atoms with Crippen molar-refractivity contribution in [2.45, 2.75) is 84.2 Å². The first-order chi connectivity index (χ1) is 12.4. The van der Waals surface area contributed by atoms with Crippen LogP contribution in [0.2, 0.25) is 0 Å². The van der Waals surface area contributed by atoms with Crippen molar-refractivity contribution >= 4 is 16.9 Å². The summed E-state index contributed by atoms with van der Waals surface area (Å²) in [4.78, 5) is 19.5. The number of benzene rings is 1. The molecule has 3 rings (SSSR count). The van der Waals surface area contributed by atoms with E-state index in [-0.39, 0.29) is 17.4 Å². The van der Waals surface area contributed by atoms with Crippen molar-refractivity contribution in [3.63, 3.8) is 0 Å². The average molecular weight is 356 g/mol. The number of hydrogen-bond acceptors (Lipinski definition) is 2. The molecule has 4 nitrogen and oxygen atoms in total. The number of rotatable bonds is 7. The SMILES string of the molecule is CCCCCCCn1c(C2CC(=O)N(C(C)(C)C)C2)nc2ccccc21. The Labute approximate surface area is 157 Å². The van der Waals surface area contributed by atoms with E-state index in [0.717, 1.165) is 24.4 Å². The topological polar surface area (TPSA) is 38.1 Å². The summed E-state index contributed by atoms with van der Waals surface area (Å²) >= 11 is 0. The van der Waals surface area contributed by atoms with Gasteiger partial charge in [-0.3, -0.25) is 4.79 Å². The van der Waals surface area contributed by atoms with Crippen LogP contribution in [0.5, 0.6) is 0 Å². The minimum atomic E-state index is -0.122. The molecular weight excluding hydrogens is 322 g/mol. The first kappa shape index (κ1) is 18.9. The number of imidazole rings is 1. The summed E-state index contributed by atoms with van der Waals surface area (Å²) in [5.41, 5.74) is 2.14. The molecule has 142 valence electrons. The molecule has 1 unspecified atom stereocenters. The number of carbonyl (C=O) groups is 1. The second kappa shape index (κ2) is 7.81. The number of aryl methyl sites for hydroxylation is 1. The molecular formula is C22H33N3O. The maximum absolute atomic E-state index is 12.6. The van der Waals surface area contributed by atoms with Crippen LogP contribution >= 0.6 is 0 Å². The third kappa shape index (κ3) is 3.94. The molecule has 1 aliphatic rings. The lowest BCUT2D eigenvalue weighted by molar-refractivity contribution is -0.131. The first-order valence-corrected chi connectivity index (χ1v) is 10.2. The summed E-state index contributed by atoms with van der Waals surface area (Å²) in [5, 5.41) is 0. The smallest absolute Gasteiger partial charge is 0.223 e. The van der Waals surface area contributed by atoms with Crippen molar-refractivity contribution in [3.8, 4) is 0 Å². The normalized spacial score (nSPS) is 18.2. The van der Waals surface area contributed by atoms with Gasteiger partial charge in [-0.25, -0.2) is 4.98 Å². The Morgan fingerprint density at radius 1 is 1.12 bits per heavy atom. The van der Waals surface area contributed by atoms with Gasteiger partial charge in [-0.1, -0.05) is 44.7 Å². The van der Waals surface area contributed by atoms with E-state index >= 15 is 0 Å². The number of hydrogen-bond donors (Lipinski definition) is 0. The van der Waals surface area contributed by atoms with Gasteiger partial charge in [0.2, 0.25) is 5.91 Å². The molecule has 2 heterocycles. The minimum absolute atomic E-state index is 0.122. The van der Waals surface area contributed by atoms with E-state index in [4.69, 9.17) is 4.98 Å². The van der Waals surface area contributed by atoms with Gasteiger partial charge in [-0.05, 0) is 39.3 Å². The lowest BCUT2D eigenvalue weighted by Gasteiger charge is -2.32. The molecule has 26 heavy (non-hydrogen) atoms. The highest BCUT2D eigenvalue weighted by atomic mass is 16.2. The molecule has 1 aliphatic heterocycles. The van der Waals surface area contributed by atoms with Gasteiger partial charge in [0.25, 0.3) is 0 Å². The van der Waals surface area contributed by atoms with E-state index in [0.29, 0.717) is 6.42 Å². The van der Waals surface area contributed by atoms with E-state index in [1.165, 1.54) is 37.6 Å². The van der Waals surface area contributed by atoms with Gasteiger partial charge in [0, 0.05) is 31.0 Å². The van der Waals surface area contributed by atoms with Crippen LogP contribution in [0.3, 0.4) is 0 Å². The number of unbranched alkanes of at least 4 members (excludes halogenated alkanes) is 4. The highest BCUT2D eigenvalue weighted by molar-refractivity contribution is 5.81. The third-order valence-corrected chi connectivity index (χ3v) is 5.47.